The van der Waals surface area contributed by atoms with Crippen LogP contribution in [0.4, 0.5) is 5.69 Å². The van der Waals surface area contributed by atoms with E-state index in [4.69, 9.17) is 9.47 Å². The molecule has 35 heavy (non-hydrogen) atoms. The molecule has 3 aromatic rings. The Hall–Kier alpha value is -3.09. The number of aliphatic hydroxyl groups is 1. The van der Waals surface area contributed by atoms with Crippen LogP contribution in [0.2, 0.25) is 0 Å². The van der Waals surface area contributed by atoms with E-state index < -0.39 is 5.60 Å². The lowest BCUT2D eigenvalue weighted by atomic mass is 9.66. The van der Waals surface area contributed by atoms with E-state index in [0.717, 1.165) is 59.2 Å². The van der Waals surface area contributed by atoms with E-state index >= 15 is 0 Å². The van der Waals surface area contributed by atoms with Crippen molar-refractivity contribution in [2.24, 2.45) is 5.92 Å². The number of hydrogen-bond acceptors (Lipinski definition) is 5. The average Bonchev–Trinajstić information content (AvgIpc) is 2.88. The number of anilines is 1. The lowest BCUT2D eigenvalue weighted by molar-refractivity contribution is -0.135. The number of ether oxygens (including phenoxy) is 2. The molecule has 3 aromatic carbocycles. The molecule has 1 aliphatic heterocycles. The number of piperidine rings is 1. The number of methoxy groups -OCH3 is 2. The molecule has 2 N–H and O–H groups in total. The fourth-order valence-corrected chi connectivity index (χ4v) is 6.11. The van der Waals surface area contributed by atoms with E-state index in [-0.39, 0.29) is 24.4 Å². The Kier molecular flexibility index (Phi) is 6.67. The molecule has 1 amide bonds. The third-order valence-corrected chi connectivity index (χ3v) is 7.84. The van der Waals surface area contributed by atoms with Gasteiger partial charge >= 0.3 is 0 Å². The number of nitrogens with zero attached hydrogens (tertiary/aromatic N) is 1. The van der Waals surface area contributed by atoms with Gasteiger partial charge in [-0.05, 0) is 48.9 Å². The highest BCUT2D eigenvalue weighted by atomic mass is 16.5. The second-order valence-corrected chi connectivity index (χ2v) is 9.80. The van der Waals surface area contributed by atoms with Crippen LogP contribution in [-0.2, 0) is 4.79 Å². The van der Waals surface area contributed by atoms with E-state index in [1.165, 1.54) is 0 Å². The summed E-state index contributed by atoms with van der Waals surface area (Å²) in [5.41, 5.74) is 1.06. The summed E-state index contributed by atoms with van der Waals surface area (Å²) in [6.45, 7) is 0.877. The molecule has 3 atom stereocenters. The zero-order chi connectivity index (χ0) is 24.4. The quantitative estimate of drug-likeness (QED) is 0.516. The highest BCUT2D eigenvalue weighted by Gasteiger charge is 2.50. The number of carbonyl (C=O) groups excluding carboxylic acids is 1. The zero-order valence-electron chi connectivity index (χ0n) is 20.5. The second kappa shape index (κ2) is 9.88. The number of hydrogen-bond donors (Lipinski definition) is 2. The highest BCUT2D eigenvalue weighted by Crippen LogP contribution is 2.51. The molecule has 0 unspecified atom stereocenters. The molecule has 6 heteroatoms. The average molecular weight is 475 g/mol. The van der Waals surface area contributed by atoms with Crippen LogP contribution < -0.4 is 14.8 Å². The Bertz CT molecular complexity index is 1210. The van der Waals surface area contributed by atoms with Crippen LogP contribution in [0.5, 0.6) is 11.5 Å². The van der Waals surface area contributed by atoms with E-state index in [2.05, 4.69) is 10.2 Å². The first-order valence-corrected chi connectivity index (χ1v) is 12.5. The number of rotatable bonds is 6. The smallest absolute Gasteiger partial charge is 0.238 e. The Morgan fingerprint density at radius 2 is 1.89 bits per heavy atom. The third kappa shape index (κ3) is 4.60. The van der Waals surface area contributed by atoms with Crippen molar-refractivity contribution in [2.45, 2.75) is 43.7 Å². The summed E-state index contributed by atoms with van der Waals surface area (Å²) >= 11 is 0. The SMILES string of the molecule is COc1ccc(OC)c([C@@H]2[C@H]3CCCC[C@@]3(O)CCN2CC(=O)Nc2cccc3ccccc23)c1. The van der Waals surface area contributed by atoms with Gasteiger partial charge in [-0.25, -0.2) is 0 Å². The minimum atomic E-state index is -0.723. The first-order valence-electron chi connectivity index (χ1n) is 12.5. The number of likely N-dealkylation sites (tertiary alicyclic amines) is 1. The van der Waals surface area contributed by atoms with Gasteiger partial charge in [0.15, 0.2) is 0 Å². The normalized spacial score (nSPS) is 24.5. The van der Waals surface area contributed by atoms with E-state index in [1.807, 2.05) is 60.7 Å². The summed E-state index contributed by atoms with van der Waals surface area (Å²) < 4.78 is 11.3. The van der Waals surface area contributed by atoms with Gasteiger partial charge in [0.25, 0.3) is 0 Å². The predicted octanol–water partition coefficient (Wildman–Crippen LogP) is 5.16. The van der Waals surface area contributed by atoms with Crippen molar-refractivity contribution < 1.29 is 19.4 Å². The summed E-state index contributed by atoms with van der Waals surface area (Å²) in [6.07, 6.45) is 4.50. The Balaban J connectivity index is 1.46. The molecule has 1 saturated heterocycles. The molecular weight excluding hydrogens is 440 g/mol. The molecule has 184 valence electrons. The summed E-state index contributed by atoms with van der Waals surface area (Å²) in [6, 6.07) is 19.7. The van der Waals surface area contributed by atoms with E-state index in [1.54, 1.807) is 14.2 Å². The minimum absolute atomic E-state index is 0.0244. The summed E-state index contributed by atoms with van der Waals surface area (Å²) in [5.74, 6) is 1.46. The molecular formula is C29H34N2O4. The number of fused-ring (bicyclic) bond motifs is 2. The largest absolute Gasteiger partial charge is 0.497 e. The van der Waals surface area contributed by atoms with E-state index in [9.17, 15) is 9.90 Å². The fourth-order valence-electron chi connectivity index (χ4n) is 6.11. The topological polar surface area (TPSA) is 71.0 Å². The highest BCUT2D eigenvalue weighted by molar-refractivity contribution is 6.02. The summed E-state index contributed by atoms with van der Waals surface area (Å²) in [7, 11) is 3.32. The minimum Gasteiger partial charge on any atom is -0.497 e. The van der Waals surface area contributed by atoms with Crippen molar-refractivity contribution in [1.29, 1.82) is 0 Å². The first-order chi connectivity index (χ1) is 17.0. The standard InChI is InChI=1S/C29H34N2O4/c1-34-21-13-14-26(35-2)23(18-21)28-24-11-5-6-15-29(24,33)16-17-31(28)19-27(32)30-25-12-7-9-20-8-3-4-10-22(20)25/h3-4,7-10,12-14,18,24,28,33H,5-6,11,15-17,19H2,1-2H3,(H,30,32)/t24-,28-,29-/m1/s1. The maximum Gasteiger partial charge on any atom is 0.238 e. The Morgan fingerprint density at radius 1 is 1.06 bits per heavy atom. The van der Waals surface area contributed by atoms with Gasteiger partial charge in [-0.3, -0.25) is 9.69 Å². The van der Waals surface area contributed by atoms with Gasteiger partial charge in [-0.1, -0.05) is 49.2 Å². The molecule has 0 aromatic heterocycles. The van der Waals surface area contributed by atoms with Gasteiger partial charge in [0.2, 0.25) is 5.91 Å². The zero-order valence-corrected chi connectivity index (χ0v) is 20.5. The molecule has 0 spiro atoms. The number of nitrogens with one attached hydrogen (secondary N) is 1. The molecule has 2 fully saturated rings. The van der Waals surface area contributed by atoms with Crippen LogP contribution in [0.1, 0.15) is 43.7 Å². The summed E-state index contributed by atoms with van der Waals surface area (Å²) in [5, 5.41) is 16.9. The van der Waals surface area contributed by atoms with Gasteiger partial charge in [-0.2, -0.15) is 0 Å². The van der Waals surface area contributed by atoms with E-state index in [0.29, 0.717) is 13.0 Å². The second-order valence-electron chi connectivity index (χ2n) is 9.80. The van der Waals surface area contributed by atoms with Crippen molar-refractivity contribution in [2.75, 3.05) is 32.6 Å². The van der Waals surface area contributed by atoms with Gasteiger partial charge < -0.3 is 19.9 Å². The summed E-state index contributed by atoms with van der Waals surface area (Å²) in [4.78, 5) is 15.6. The van der Waals surface area contributed by atoms with Crippen molar-refractivity contribution in [3.63, 3.8) is 0 Å². The number of amides is 1. The maximum absolute atomic E-state index is 13.3. The molecule has 1 aliphatic carbocycles. The molecule has 0 bridgehead atoms. The molecule has 6 nitrogen and oxygen atoms in total. The van der Waals surface area contributed by atoms with Crippen LogP contribution in [0.15, 0.2) is 60.7 Å². The monoisotopic (exact) mass is 474 g/mol. The van der Waals surface area contributed by atoms with Crippen molar-refractivity contribution in [3.05, 3.63) is 66.2 Å². The van der Waals surface area contributed by atoms with Crippen LogP contribution in [0.25, 0.3) is 10.8 Å². The molecule has 1 heterocycles. The molecule has 0 radical (unpaired) electrons. The molecule has 1 saturated carbocycles. The number of carbonyl (C=O) groups is 1. The van der Waals surface area contributed by atoms with Gasteiger partial charge in [0.1, 0.15) is 11.5 Å². The maximum atomic E-state index is 13.3. The molecule has 5 rings (SSSR count). The van der Waals surface area contributed by atoms with Gasteiger partial charge in [0.05, 0.1) is 26.4 Å². The lowest BCUT2D eigenvalue weighted by Gasteiger charge is -2.52. The van der Waals surface area contributed by atoms with Crippen molar-refractivity contribution in [1.82, 2.24) is 4.90 Å². The Labute approximate surface area is 206 Å². The Morgan fingerprint density at radius 3 is 2.71 bits per heavy atom. The lowest BCUT2D eigenvalue weighted by Crippen LogP contribution is -2.56. The fraction of sp³-hybridized carbons (Fsp3) is 0.414. The van der Waals surface area contributed by atoms with Crippen LogP contribution in [-0.4, -0.2) is 48.8 Å². The van der Waals surface area contributed by atoms with Crippen LogP contribution >= 0.6 is 0 Å². The van der Waals surface area contributed by atoms with Crippen molar-refractivity contribution in [3.8, 4) is 11.5 Å². The van der Waals surface area contributed by atoms with Gasteiger partial charge in [-0.15, -0.1) is 0 Å². The van der Waals surface area contributed by atoms with Gasteiger partial charge in [0, 0.05) is 35.1 Å². The molecule has 2 aliphatic rings. The van der Waals surface area contributed by atoms with Crippen LogP contribution in [0.3, 0.4) is 0 Å². The third-order valence-electron chi connectivity index (χ3n) is 7.84. The first kappa shape index (κ1) is 23.6. The number of benzene rings is 3. The predicted molar refractivity (Wildman–Crippen MR) is 138 cm³/mol. The van der Waals surface area contributed by atoms with Crippen LogP contribution in [0, 0.1) is 5.92 Å². The van der Waals surface area contributed by atoms with Crippen molar-refractivity contribution >= 4 is 22.4 Å².